The molecule has 2 rings (SSSR count). The van der Waals surface area contributed by atoms with Gasteiger partial charge in [-0.2, -0.15) is 4.98 Å². The molecule has 6 nitrogen and oxygen atoms in total. The smallest absolute Gasteiger partial charge is 0.223 e. The minimum atomic E-state index is 0.0492. The zero-order valence-electron chi connectivity index (χ0n) is 9.24. The van der Waals surface area contributed by atoms with Crippen LogP contribution in [0, 0.1) is 0 Å². The third-order valence-electron chi connectivity index (χ3n) is 2.31. The topological polar surface area (TPSA) is 92.9 Å². The van der Waals surface area contributed by atoms with E-state index in [4.69, 9.17) is 17.3 Å². The summed E-state index contributed by atoms with van der Waals surface area (Å²) in [5, 5.41) is 6.15. The monoisotopic (exact) mass is 255 g/mol. The van der Waals surface area contributed by atoms with Crippen molar-refractivity contribution < 1.29 is 4.79 Å². The molecule has 1 saturated carbocycles. The lowest BCUT2D eigenvalue weighted by Gasteiger charge is -2.06. The molecule has 1 aromatic heterocycles. The van der Waals surface area contributed by atoms with E-state index in [1.807, 2.05) is 0 Å². The average molecular weight is 256 g/mol. The number of carbonyl (C=O) groups excluding carboxylic acids is 1. The van der Waals surface area contributed by atoms with Crippen LogP contribution in [0.4, 0.5) is 11.8 Å². The van der Waals surface area contributed by atoms with E-state index in [9.17, 15) is 4.79 Å². The number of carbonyl (C=O) groups is 1. The lowest BCUT2D eigenvalue weighted by atomic mass is 10.4. The molecule has 17 heavy (non-hydrogen) atoms. The van der Waals surface area contributed by atoms with E-state index in [1.54, 1.807) is 6.07 Å². The summed E-state index contributed by atoms with van der Waals surface area (Å²) in [7, 11) is 0. The molecular weight excluding hydrogens is 242 g/mol. The number of nitrogens with one attached hydrogen (secondary N) is 2. The maximum atomic E-state index is 11.4. The van der Waals surface area contributed by atoms with Crippen LogP contribution in [0.2, 0.25) is 5.15 Å². The van der Waals surface area contributed by atoms with Crippen LogP contribution in [0.3, 0.4) is 0 Å². The maximum Gasteiger partial charge on any atom is 0.223 e. The Balaban J connectivity index is 1.74. The fourth-order valence-corrected chi connectivity index (χ4v) is 1.55. The molecule has 1 amide bonds. The van der Waals surface area contributed by atoms with Gasteiger partial charge in [-0.15, -0.1) is 0 Å². The number of hydrogen-bond acceptors (Lipinski definition) is 5. The molecule has 92 valence electrons. The number of aromatic nitrogens is 2. The molecule has 0 spiro atoms. The van der Waals surface area contributed by atoms with Crippen LogP contribution in [0.1, 0.15) is 19.3 Å². The molecular formula is C10H14ClN5O. The lowest BCUT2D eigenvalue weighted by Crippen LogP contribution is -2.27. The lowest BCUT2D eigenvalue weighted by molar-refractivity contribution is -0.120. The van der Waals surface area contributed by atoms with Gasteiger partial charge in [0, 0.05) is 25.1 Å². The Labute approximate surface area is 104 Å². The van der Waals surface area contributed by atoms with Crippen LogP contribution in [-0.2, 0) is 4.79 Å². The minimum Gasteiger partial charge on any atom is -0.369 e. The van der Waals surface area contributed by atoms with Crippen molar-refractivity contribution in [2.45, 2.75) is 25.3 Å². The third kappa shape index (κ3) is 4.07. The molecule has 0 aliphatic heterocycles. The number of nitrogens with two attached hydrogens (primary N) is 1. The first-order valence-corrected chi connectivity index (χ1v) is 5.84. The molecule has 0 radical (unpaired) electrons. The van der Waals surface area contributed by atoms with Crippen LogP contribution in [0.25, 0.3) is 0 Å². The van der Waals surface area contributed by atoms with Crippen LogP contribution in [0.5, 0.6) is 0 Å². The quantitative estimate of drug-likeness (QED) is 0.677. The summed E-state index contributed by atoms with van der Waals surface area (Å²) >= 11 is 5.72. The predicted molar refractivity (Wildman–Crippen MR) is 65.7 cm³/mol. The Hall–Kier alpha value is -1.56. The van der Waals surface area contributed by atoms with E-state index < -0.39 is 0 Å². The average Bonchev–Trinajstić information content (AvgIpc) is 3.00. The third-order valence-corrected chi connectivity index (χ3v) is 2.51. The van der Waals surface area contributed by atoms with Gasteiger partial charge in [0.2, 0.25) is 11.9 Å². The SMILES string of the molecule is Nc1nc(Cl)cc(NCCC(=O)NC2CC2)n1. The highest BCUT2D eigenvalue weighted by atomic mass is 35.5. The molecule has 7 heteroatoms. The van der Waals surface area contributed by atoms with Gasteiger partial charge in [0.05, 0.1) is 0 Å². The van der Waals surface area contributed by atoms with E-state index in [0.29, 0.717) is 24.8 Å². The molecule has 1 heterocycles. The molecule has 0 saturated heterocycles. The molecule has 1 aromatic rings. The number of hydrogen-bond donors (Lipinski definition) is 3. The molecule has 0 aromatic carbocycles. The molecule has 1 aliphatic carbocycles. The number of nitrogen functional groups attached to an aromatic ring is 1. The first-order valence-electron chi connectivity index (χ1n) is 5.47. The van der Waals surface area contributed by atoms with Gasteiger partial charge in [-0.3, -0.25) is 4.79 Å². The van der Waals surface area contributed by atoms with Crippen LogP contribution in [0.15, 0.2) is 6.07 Å². The number of halogens is 1. The minimum absolute atomic E-state index is 0.0492. The number of anilines is 2. The Kier molecular flexibility index (Phi) is 3.63. The molecule has 1 aliphatic rings. The molecule has 0 bridgehead atoms. The summed E-state index contributed by atoms with van der Waals surface area (Å²) in [6.07, 6.45) is 2.59. The molecule has 0 atom stereocenters. The van der Waals surface area contributed by atoms with E-state index in [2.05, 4.69) is 20.6 Å². The number of nitrogens with zero attached hydrogens (tertiary/aromatic N) is 2. The zero-order chi connectivity index (χ0) is 12.3. The summed E-state index contributed by atoms with van der Waals surface area (Å²) in [6, 6.07) is 1.96. The van der Waals surface area contributed by atoms with Gasteiger partial charge in [-0.1, -0.05) is 11.6 Å². The van der Waals surface area contributed by atoms with Crippen molar-refractivity contribution in [1.82, 2.24) is 15.3 Å². The summed E-state index contributed by atoms with van der Waals surface area (Å²) in [5.41, 5.74) is 5.44. The van der Waals surface area contributed by atoms with Gasteiger partial charge in [0.1, 0.15) is 11.0 Å². The highest BCUT2D eigenvalue weighted by molar-refractivity contribution is 6.29. The molecule has 1 fully saturated rings. The van der Waals surface area contributed by atoms with E-state index in [-0.39, 0.29) is 17.0 Å². The first-order chi connectivity index (χ1) is 8.13. The van der Waals surface area contributed by atoms with Crippen LogP contribution >= 0.6 is 11.6 Å². The van der Waals surface area contributed by atoms with Crippen molar-refractivity contribution in [2.24, 2.45) is 0 Å². The van der Waals surface area contributed by atoms with Gasteiger partial charge < -0.3 is 16.4 Å². The van der Waals surface area contributed by atoms with Gasteiger partial charge in [0.15, 0.2) is 0 Å². The highest BCUT2D eigenvalue weighted by Crippen LogP contribution is 2.18. The van der Waals surface area contributed by atoms with Crippen LogP contribution in [-0.4, -0.2) is 28.5 Å². The first kappa shape index (κ1) is 11.9. The fourth-order valence-electron chi connectivity index (χ4n) is 1.36. The van der Waals surface area contributed by atoms with Crippen molar-refractivity contribution in [2.75, 3.05) is 17.6 Å². The standard InChI is InChI=1S/C10H14ClN5O/c11-7-5-8(16-10(12)15-7)13-4-3-9(17)14-6-1-2-6/h5-6H,1-4H2,(H,14,17)(H3,12,13,15,16). The second-order valence-corrected chi connectivity index (χ2v) is 4.34. The largest absolute Gasteiger partial charge is 0.369 e. The van der Waals surface area contributed by atoms with Gasteiger partial charge in [-0.25, -0.2) is 4.98 Å². The van der Waals surface area contributed by atoms with Gasteiger partial charge >= 0.3 is 0 Å². The summed E-state index contributed by atoms with van der Waals surface area (Å²) in [5.74, 6) is 0.692. The summed E-state index contributed by atoms with van der Waals surface area (Å²) in [6.45, 7) is 0.491. The van der Waals surface area contributed by atoms with Crippen molar-refractivity contribution in [1.29, 1.82) is 0 Å². The Bertz CT molecular complexity index is 401. The second-order valence-electron chi connectivity index (χ2n) is 3.95. The predicted octanol–water partition coefficient (Wildman–Crippen LogP) is 0.793. The summed E-state index contributed by atoms with van der Waals surface area (Å²) < 4.78 is 0. The molecule has 4 N–H and O–H groups in total. The van der Waals surface area contributed by atoms with E-state index in [0.717, 1.165) is 12.8 Å². The Morgan fingerprint density at radius 2 is 2.29 bits per heavy atom. The summed E-state index contributed by atoms with van der Waals surface area (Å²) in [4.78, 5) is 19.1. The Morgan fingerprint density at radius 3 is 2.94 bits per heavy atom. The van der Waals surface area contributed by atoms with Crippen LogP contribution < -0.4 is 16.4 Å². The van der Waals surface area contributed by atoms with Gasteiger partial charge in [0.25, 0.3) is 0 Å². The number of amides is 1. The van der Waals surface area contributed by atoms with Crippen molar-refractivity contribution in [3.8, 4) is 0 Å². The Morgan fingerprint density at radius 1 is 1.53 bits per heavy atom. The van der Waals surface area contributed by atoms with Crippen molar-refractivity contribution >= 4 is 29.3 Å². The maximum absolute atomic E-state index is 11.4. The zero-order valence-corrected chi connectivity index (χ0v) is 10.00. The second kappa shape index (κ2) is 5.18. The van der Waals surface area contributed by atoms with E-state index in [1.165, 1.54) is 0 Å². The van der Waals surface area contributed by atoms with Gasteiger partial charge in [-0.05, 0) is 12.8 Å². The van der Waals surface area contributed by atoms with Crippen molar-refractivity contribution in [3.05, 3.63) is 11.2 Å². The van der Waals surface area contributed by atoms with Crippen molar-refractivity contribution in [3.63, 3.8) is 0 Å². The highest BCUT2D eigenvalue weighted by Gasteiger charge is 2.22. The van der Waals surface area contributed by atoms with E-state index >= 15 is 0 Å². The number of rotatable bonds is 5. The fraction of sp³-hybridized carbons (Fsp3) is 0.500. The molecule has 0 unspecified atom stereocenters. The normalized spacial score (nSPS) is 14.4.